The van der Waals surface area contributed by atoms with E-state index in [0.29, 0.717) is 23.0 Å². The Balaban J connectivity index is 1.62. The molecule has 0 radical (unpaired) electrons. The van der Waals surface area contributed by atoms with E-state index in [4.69, 9.17) is 0 Å². The molecule has 156 valence electrons. The number of amides is 1. The number of para-hydroxylation sites is 1. The monoisotopic (exact) mass is 426 g/mol. The summed E-state index contributed by atoms with van der Waals surface area (Å²) in [4.78, 5) is 18.8. The molecular weight excluding hydrogens is 412 g/mol. The summed E-state index contributed by atoms with van der Waals surface area (Å²) in [5.74, 6) is -1.00. The van der Waals surface area contributed by atoms with Crippen molar-refractivity contribution in [3.8, 4) is 11.3 Å². The number of alkyl halides is 3. The normalized spacial score (nSPS) is 13.6. The molecule has 2 aromatic carbocycles. The first-order valence-electron chi connectivity index (χ1n) is 9.45. The Morgan fingerprint density at radius 1 is 1.00 bits per heavy atom. The minimum absolute atomic E-state index is 0.00485. The van der Waals surface area contributed by atoms with Crippen LogP contribution in [0.2, 0.25) is 0 Å². The van der Waals surface area contributed by atoms with E-state index in [0.717, 1.165) is 29.4 Å². The lowest BCUT2D eigenvalue weighted by molar-refractivity contribution is -0.142. The molecule has 0 atom stereocenters. The van der Waals surface area contributed by atoms with Crippen molar-refractivity contribution in [2.45, 2.75) is 12.6 Å². The van der Waals surface area contributed by atoms with E-state index < -0.39 is 23.6 Å². The maximum atomic E-state index is 13.7. The molecule has 0 fully saturated rings. The Morgan fingerprint density at radius 3 is 2.48 bits per heavy atom. The quantitative estimate of drug-likeness (QED) is 0.435. The molecule has 5 rings (SSSR count). The number of hydrogen-bond donors (Lipinski definition) is 0. The molecule has 0 saturated heterocycles. The molecule has 4 aromatic rings. The van der Waals surface area contributed by atoms with Gasteiger partial charge in [0.2, 0.25) is 0 Å². The van der Waals surface area contributed by atoms with Gasteiger partial charge in [-0.3, -0.25) is 4.79 Å². The smallest absolute Gasteiger partial charge is 0.306 e. The Hall–Kier alpha value is -3.75. The zero-order chi connectivity index (χ0) is 21.8. The number of carbonyl (C=O) groups excluding carboxylic acids is 1. The molecule has 5 nitrogen and oxygen atoms in total. The Morgan fingerprint density at radius 2 is 1.74 bits per heavy atom. The average Bonchev–Trinajstić information content (AvgIpc) is 3.36. The van der Waals surface area contributed by atoms with Gasteiger partial charge >= 0.3 is 6.18 Å². The molecule has 0 saturated carbocycles. The summed E-state index contributed by atoms with van der Waals surface area (Å²) in [7, 11) is 0. The molecule has 0 aliphatic carbocycles. The second-order valence-corrected chi connectivity index (χ2v) is 7.17. The molecule has 3 heterocycles. The number of anilines is 1. The largest absolute Gasteiger partial charge is 0.433 e. The number of aromatic nitrogens is 3. The van der Waals surface area contributed by atoms with Crippen LogP contribution in [0.5, 0.6) is 0 Å². The topological polar surface area (TPSA) is 50.5 Å². The molecule has 1 aliphatic rings. The highest BCUT2D eigenvalue weighted by atomic mass is 19.4. The molecule has 1 amide bonds. The van der Waals surface area contributed by atoms with Crippen molar-refractivity contribution >= 4 is 17.2 Å². The van der Waals surface area contributed by atoms with Crippen LogP contribution in [-0.2, 0) is 12.6 Å². The number of rotatable bonds is 2. The maximum absolute atomic E-state index is 13.7. The van der Waals surface area contributed by atoms with Crippen LogP contribution in [0.4, 0.5) is 23.2 Å². The maximum Gasteiger partial charge on any atom is 0.433 e. The van der Waals surface area contributed by atoms with Crippen molar-refractivity contribution in [2.75, 3.05) is 11.4 Å². The van der Waals surface area contributed by atoms with Crippen LogP contribution in [-0.4, -0.2) is 27.0 Å². The summed E-state index contributed by atoms with van der Waals surface area (Å²) < 4.78 is 55.1. The highest BCUT2D eigenvalue weighted by Crippen LogP contribution is 2.33. The van der Waals surface area contributed by atoms with E-state index in [9.17, 15) is 22.4 Å². The summed E-state index contributed by atoms with van der Waals surface area (Å²) in [6, 6.07) is 14.4. The van der Waals surface area contributed by atoms with Gasteiger partial charge in [-0.15, -0.1) is 0 Å². The molecule has 0 bridgehead atoms. The SMILES string of the molecule is O=C(c1cc2nc(-c3ccc(F)cc3)cc(C(F)(F)F)n2n1)N1CCc2ccccc21. The van der Waals surface area contributed by atoms with Crippen LogP contribution in [0.25, 0.3) is 16.9 Å². The fourth-order valence-corrected chi connectivity index (χ4v) is 3.74. The van der Waals surface area contributed by atoms with Crippen molar-refractivity contribution in [2.24, 2.45) is 0 Å². The standard InChI is InChI=1S/C22H14F4N4O/c23-15-7-5-13(6-8-15)16-11-19(22(24,25)26)30-20(27-16)12-17(28-30)21(31)29-10-9-14-3-1-2-4-18(14)29/h1-8,11-12H,9-10H2. The van der Waals surface area contributed by atoms with Crippen molar-refractivity contribution in [3.05, 3.63) is 83.4 Å². The lowest BCUT2D eigenvalue weighted by Gasteiger charge is -2.15. The fourth-order valence-electron chi connectivity index (χ4n) is 3.74. The summed E-state index contributed by atoms with van der Waals surface area (Å²) in [5, 5.41) is 3.93. The summed E-state index contributed by atoms with van der Waals surface area (Å²) >= 11 is 0. The highest BCUT2D eigenvalue weighted by Gasteiger charge is 2.36. The van der Waals surface area contributed by atoms with E-state index in [2.05, 4.69) is 10.1 Å². The van der Waals surface area contributed by atoms with Crippen molar-refractivity contribution in [3.63, 3.8) is 0 Å². The lowest BCUT2D eigenvalue weighted by atomic mass is 10.1. The number of nitrogens with zero attached hydrogens (tertiary/aromatic N) is 4. The third-order valence-electron chi connectivity index (χ3n) is 5.21. The Labute approximate surface area is 173 Å². The van der Waals surface area contributed by atoms with Crippen LogP contribution in [0.1, 0.15) is 21.7 Å². The number of fused-ring (bicyclic) bond motifs is 2. The van der Waals surface area contributed by atoms with Crippen LogP contribution in [0.3, 0.4) is 0 Å². The van der Waals surface area contributed by atoms with Crippen LogP contribution in [0.15, 0.2) is 60.7 Å². The van der Waals surface area contributed by atoms with Crippen molar-refractivity contribution in [1.29, 1.82) is 0 Å². The summed E-state index contributed by atoms with van der Waals surface area (Å²) in [5.41, 5.74) is 0.712. The molecule has 1 aliphatic heterocycles. The van der Waals surface area contributed by atoms with Gasteiger partial charge in [-0.05, 0) is 48.4 Å². The first-order valence-corrected chi connectivity index (χ1v) is 9.45. The average molecular weight is 426 g/mol. The van der Waals surface area contributed by atoms with Gasteiger partial charge in [-0.25, -0.2) is 13.9 Å². The number of carbonyl (C=O) groups is 1. The highest BCUT2D eigenvalue weighted by molar-refractivity contribution is 6.06. The van der Waals surface area contributed by atoms with Gasteiger partial charge in [0, 0.05) is 23.9 Å². The minimum Gasteiger partial charge on any atom is -0.306 e. The van der Waals surface area contributed by atoms with Gasteiger partial charge < -0.3 is 4.90 Å². The van der Waals surface area contributed by atoms with Gasteiger partial charge in [0.15, 0.2) is 17.0 Å². The van der Waals surface area contributed by atoms with Gasteiger partial charge in [-0.2, -0.15) is 18.3 Å². The van der Waals surface area contributed by atoms with Crippen LogP contribution < -0.4 is 4.90 Å². The predicted molar refractivity (Wildman–Crippen MR) is 105 cm³/mol. The van der Waals surface area contributed by atoms with Crippen molar-refractivity contribution in [1.82, 2.24) is 14.6 Å². The van der Waals surface area contributed by atoms with Crippen molar-refractivity contribution < 1.29 is 22.4 Å². The molecule has 0 N–H and O–H groups in total. The van der Waals surface area contributed by atoms with E-state index in [1.165, 1.54) is 23.1 Å². The Kier molecular flexibility index (Phi) is 4.28. The molecule has 0 spiro atoms. The van der Waals surface area contributed by atoms with E-state index in [-0.39, 0.29) is 17.0 Å². The van der Waals surface area contributed by atoms with Gasteiger partial charge in [0.05, 0.1) is 5.69 Å². The van der Waals surface area contributed by atoms with E-state index in [1.807, 2.05) is 12.1 Å². The van der Waals surface area contributed by atoms with Gasteiger partial charge in [0.1, 0.15) is 5.82 Å². The number of benzene rings is 2. The second-order valence-electron chi connectivity index (χ2n) is 7.17. The fraction of sp³-hybridized carbons (Fsp3) is 0.136. The number of hydrogen-bond acceptors (Lipinski definition) is 3. The Bertz CT molecular complexity index is 1310. The third-order valence-corrected chi connectivity index (χ3v) is 5.21. The molecule has 31 heavy (non-hydrogen) atoms. The first-order chi connectivity index (χ1) is 14.8. The molecule has 2 aromatic heterocycles. The zero-order valence-corrected chi connectivity index (χ0v) is 15.9. The van der Waals surface area contributed by atoms with Crippen LogP contribution in [0, 0.1) is 5.82 Å². The van der Waals surface area contributed by atoms with Gasteiger partial charge in [0.25, 0.3) is 5.91 Å². The van der Waals surface area contributed by atoms with Gasteiger partial charge in [-0.1, -0.05) is 18.2 Å². The summed E-state index contributed by atoms with van der Waals surface area (Å²) in [6.45, 7) is 0.423. The predicted octanol–water partition coefficient (Wildman–Crippen LogP) is 4.76. The zero-order valence-electron chi connectivity index (χ0n) is 15.9. The first kappa shape index (κ1) is 19.2. The number of halogens is 4. The minimum atomic E-state index is -4.73. The van der Waals surface area contributed by atoms with E-state index in [1.54, 1.807) is 12.1 Å². The summed E-state index contributed by atoms with van der Waals surface area (Å²) in [6.07, 6.45) is -4.07. The third kappa shape index (κ3) is 3.31. The lowest BCUT2D eigenvalue weighted by Crippen LogP contribution is -2.29. The molecule has 0 unspecified atom stereocenters. The molecule has 9 heteroatoms. The molecular formula is C22H14F4N4O. The van der Waals surface area contributed by atoms with Crippen LogP contribution >= 0.6 is 0 Å². The second kappa shape index (κ2) is 6.90. The van der Waals surface area contributed by atoms with E-state index >= 15 is 0 Å².